The highest BCUT2D eigenvalue weighted by atomic mass is 16.6. The molecule has 0 fully saturated rings. The molecule has 1 atom stereocenters. The largest absolute Gasteiger partial charge is 0.467 e. The number of aromatic nitrogens is 2. The minimum atomic E-state index is -1.01. The number of hydrogen-bond acceptors (Lipinski definition) is 6. The molecule has 8 heteroatoms. The molecule has 0 bridgehead atoms. The van der Waals surface area contributed by atoms with Crippen LogP contribution in [0.1, 0.15) is 49.6 Å². The van der Waals surface area contributed by atoms with Crippen molar-refractivity contribution >= 4 is 11.9 Å². The van der Waals surface area contributed by atoms with Crippen LogP contribution in [0.2, 0.25) is 0 Å². The Kier molecular flexibility index (Phi) is 5.08. The third kappa shape index (κ3) is 4.23. The molecule has 8 nitrogen and oxygen atoms in total. The average Bonchev–Trinajstić information content (AvgIpc) is 3.13. The number of hydrogen-bond donors (Lipinski definition) is 1. The lowest BCUT2D eigenvalue weighted by Gasteiger charge is -2.27. The van der Waals surface area contributed by atoms with Gasteiger partial charge in [0.25, 0.3) is 0 Å². The lowest BCUT2D eigenvalue weighted by Crippen LogP contribution is -2.38. The number of ether oxygens (including phenoxy) is 1. The van der Waals surface area contributed by atoms with E-state index in [4.69, 9.17) is 9.15 Å². The van der Waals surface area contributed by atoms with E-state index in [2.05, 4.69) is 4.98 Å². The molecule has 130 valence electrons. The number of ketones is 1. The van der Waals surface area contributed by atoms with Crippen LogP contribution in [0.4, 0.5) is 4.79 Å². The molecule has 2 rings (SSSR count). The summed E-state index contributed by atoms with van der Waals surface area (Å²) in [4.78, 5) is 28.5. The first-order valence-corrected chi connectivity index (χ1v) is 7.44. The number of carbonyl (C=O) groups is 2. The molecule has 0 radical (unpaired) electrons. The summed E-state index contributed by atoms with van der Waals surface area (Å²) < 4.78 is 12.0. The van der Waals surface area contributed by atoms with Gasteiger partial charge in [-0.15, -0.1) is 0 Å². The lowest BCUT2D eigenvalue weighted by atomic mass is 10.1. The number of amides is 1. The van der Waals surface area contributed by atoms with Gasteiger partial charge in [0.2, 0.25) is 5.78 Å². The second kappa shape index (κ2) is 6.88. The second-order valence-corrected chi connectivity index (χ2v) is 6.35. The van der Waals surface area contributed by atoms with E-state index in [9.17, 15) is 14.8 Å². The monoisotopic (exact) mass is 335 g/mol. The first kappa shape index (κ1) is 17.7. The van der Waals surface area contributed by atoms with Crippen LogP contribution >= 0.6 is 0 Å². The zero-order valence-corrected chi connectivity index (χ0v) is 14.1. The number of furan rings is 1. The molecule has 2 aromatic heterocycles. The smallest absolute Gasteiger partial charge is 0.434 e. The Morgan fingerprint density at radius 1 is 1.46 bits per heavy atom. The minimum absolute atomic E-state index is 0.200. The molecule has 0 aromatic carbocycles. The van der Waals surface area contributed by atoms with Gasteiger partial charge in [-0.1, -0.05) is 0 Å². The molecule has 1 amide bonds. The van der Waals surface area contributed by atoms with Crippen molar-refractivity contribution in [3.8, 4) is 0 Å². The van der Waals surface area contributed by atoms with Crippen LogP contribution in [0, 0.1) is 0 Å². The third-order valence-corrected chi connectivity index (χ3v) is 3.20. The number of rotatable bonds is 5. The van der Waals surface area contributed by atoms with Crippen LogP contribution in [-0.4, -0.2) is 37.3 Å². The molecular formula is C16H21N3O5. The predicted molar refractivity (Wildman–Crippen MR) is 83.5 cm³/mol. The van der Waals surface area contributed by atoms with Crippen LogP contribution in [-0.2, 0) is 11.8 Å². The van der Waals surface area contributed by atoms with E-state index in [0.717, 1.165) is 0 Å². The van der Waals surface area contributed by atoms with Crippen molar-refractivity contribution in [2.45, 2.75) is 38.8 Å². The first-order valence-electron chi connectivity index (χ1n) is 7.44. The fraction of sp³-hybridized carbons (Fsp3) is 0.438. The minimum Gasteiger partial charge on any atom is -0.467 e. The zero-order chi connectivity index (χ0) is 17.9. The van der Waals surface area contributed by atoms with Crippen LogP contribution in [0.3, 0.4) is 0 Å². The Balaban J connectivity index is 2.21. The van der Waals surface area contributed by atoms with E-state index in [0.29, 0.717) is 5.06 Å². The van der Waals surface area contributed by atoms with Crippen molar-refractivity contribution in [3.63, 3.8) is 0 Å². The van der Waals surface area contributed by atoms with E-state index in [-0.39, 0.29) is 23.8 Å². The van der Waals surface area contributed by atoms with Crippen LogP contribution in [0.5, 0.6) is 0 Å². The highest BCUT2D eigenvalue weighted by Gasteiger charge is 2.32. The van der Waals surface area contributed by atoms with Gasteiger partial charge in [-0.05, 0) is 32.9 Å². The summed E-state index contributed by atoms with van der Waals surface area (Å²) >= 11 is 0. The summed E-state index contributed by atoms with van der Waals surface area (Å²) in [7, 11) is 1.69. The molecule has 0 saturated heterocycles. The van der Waals surface area contributed by atoms with Gasteiger partial charge in [0.05, 0.1) is 6.26 Å². The Labute approximate surface area is 139 Å². The number of nitrogens with zero attached hydrogens (tertiary/aromatic N) is 3. The van der Waals surface area contributed by atoms with Gasteiger partial charge in [-0.2, -0.15) is 5.06 Å². The van der Waals surface area contributed by atoms with E-state index < -0.39 is 17.7 Å². The highest BCUT2D eigenvalue weighted by molar-refractivity contribution is 5.93. The van der Waals surface area contributed by atoms with Gasteiger partial charge in [0.15, 0.2) is 5.82 Å². The summed E-state index contributed by atoms with van der Waals surface area (Å²) in [5.41, 5.74) is -0.782. The van der Waals surface area contributed by atoms with Crippen LogP contribution < -0.4 is 0 Å². The maximum atomic E-state index is 12.4. The lowest BCUT2D eigenvalue weighted by molar-refractivity contribution is -0.125. The predicted octanol–water partition coefficient (Wildman–Crippen LogP) is 2.95. The molecule has 0 unspecified atom stereocenters. The van der Waals surface area contributed by atoms with Crippen LogP contribution in [0.25, 0.3) is 0 Å². The molecule has 1 N–H and O–H groups in total. The maximum Gasteiger partial charge on any atom is 0.434 e. The Morgan fingerprint density at radius 3 is 2.67 bits per heavy atom. The van der Waals surface area contributed by atoms with E-state index in [1.165, 1.54) is 12.5 Å². The van der Waals surface area contributed by atoms with E-state index in [1.807, 2.05) is 0 Å². The van der Waals surface area contributed by atoms with E-state index in [1.54, 1.807) is 50.7 Å². The Hall–Kier alpha value is -2.61. The molecule has 2 heterocycles. The highest BCUT2D eigenvalue weighted by Crippen LogP contribution is 2.26. The van der Waals surface area contributed by atoms with E-state index >= 15 is 0 Å². The third-order valence-electron chi connectivity index (χ3n) is 3.20. The molecule has 0 aliphatic rings. The average molecular weight is 335 g/mol. The Morgan fingerprint density at radius 2 is 2.17 bits per heavy atom. The van der Waals surface area contributed by atoms with Gasteiger partial charge in [0.1, 0.15) is 17.4 Å². The second-order valence-electron chi connectivity index (χ2n) is 6.35. The van der Waals surface area contributed by atoms with Gasteiger partial charge < -0.3 is 13.7 Å². The fourth-order valence-corrected chi connectivity index (χ4v) is 2.13. The molecule has 0 aliphatic heterocycles. The number of carbonyl (C=O) groups excluding carboxylic acids is 2. The number of Topliss-reactive ketones (excluding diaryl/α,β-unsaturated/α-hetero) is 1. The SMILES string of the molecule is Cn1ccnc1C(=O)C[C@H](c1ccco1)N(O)C(=O)OC(C)(C)C. The first-order chi connectivity index (χ1) is 11.2. The van der Waals surface area contributed by atoms with Crippen molar-refractivity contribution in [1.82, 2.24) is 14.6 Å². The summed E-state index contributed by atoms with van der Waals surface area (Å²) in [6.45, 7) is 5.04. The molecule has 0 spiro atoms. The molecule has 2 aromatic rings. The van der Waals surface area contributed by atoms with Gasteiger partial charge in [-0.3, -0.25) is 10.0 Å². The van der Waals surface area contributed by atoms with Gasteiger partial charge >= 0.3 is 6.09 Å². The molecular weight excluding hydrogens is 314 g/mol. The fourth-order valence-electron chi connectivity index (χ4n) is 2.13. The van der Waals surface area contributed by atoms with Gasteiger partial charge in [0, 0.05) is 25.9 Å². The number of imidazole rings is 1. The van der Waals surface area contributed by atoms with Crippen molar-refractivity contribution in [2.75, 3.05) is 0 Å². The normalized spacial score (nSPS) is 12.7. The quantitative estimate of drug-likeness (QED) is 0.512. The summed E-state index contributed by atoms with van der Waals surface area (Å²) in [6, 6.07) is 2.17. The zero-order valence-electron chi connectivity index (χ0n) is 14.1. The maximum absolute atomic E-state index is 12.4. The van der Waals surface area contributed by atoms with Crippen molar-refractivity contribution in [2.24, 2.45) is 7.05 Å². The topological polar surface area (TPSA) is 97.8 Å². The molecule has 0 saturated carbocycles. The standard InChI is InChI=1S/C16H21N3O5/c1-16(2,3)24-15(21)19(22)11(13-6-5-9-23-13)10-12(20)14-17-7-8-18(14)4/h5-9,11,22H,10H2,1-4H3/t11-/m1/s1. The van der Waals surface area contributed by atoms with Crippen molar-refractivity contribution in [3.05, 3.63) is 42.4 Å². The number of aryl methyl sites for hydroxylation is 1. The summed E-state index contributed by atoms with van der Waals surface area (Å²) in [5, 5.41) is 10.6. The summed E-state index contributed by atoms with van der Waals surface area (Å²) in [6.07, 6.45) is 3.38. The number of hydroxylamine groups is 2. The van der Waals surface area contributed by atoms with Crippen LogP contribution in [0.15, 0.2) is 35.2 Å². The van der Waals surface area contributed by atoms with Crippen molar-refractivity contribution < 1.29 is 24.0 Å². The molecule has 24 heavy (non-hydrogen) atoms. The molecule has 0 aliphatic carbocycles. The van der Waals surface area contributed by atoms with Crippen molar-refractivity contribution in [1.29, 1.82) is 0 Å². The summed E-state index contributed by atoms with van der Waals surface area (Å²) in [5.74, 6) is 0.154. The van der Waals surface area contributed by atoms with Gasteiger partial charge in [-0.25, -0.2) is 9.78 Å². The Bertz CT molecular complexity index is 700.